The highest BCUT2D eigenvalue weighted by molar-refractivity contribution is 6.34. The molecule has 16 nitrogen and oxygen atoms in total. The van der Waals surface area contributed by atoms with Gasteiger partial charge in [0.05, 0.1) is 52.2 Å². The zero-order valence-corrected chi connectivity index (χ0v) is 49.2. The number of carbonyl (C=O) groups is 3. The molecule has 7 fully saturated rings. The average molecular weight is 1170 g/mol. The standard InChI is InChI=1S/C71H75N5O11/c1-34-23-41-49(45(78)24-34)55(81)51-46-25-40-38(50(51)54(41)80)13-22-72-62(40)73-30-47(79)68-32-65(16-4-5-17-65)28-43(68)48-39-10-9-35-7-6-8-36-26-66(18-11-37(77)12-19-66)58-59(75-33-74-58)70(35,36)57(39)76-53(48)42-27-69(86-46)60(83)56(82)61(84)71(87-69)52(42)44(68)29-67(63(71)85)21-20-64(31-67)14-2-3-15-64/h9-10,13,22-25,27,33,35-36,43,47,56,60-61,63,76,78-79,82-85H,2-8,11-12,14-21,26,28-32H2,1H3,(H,72,73)(H,74,75)/t35-,36-,43-,47+,56+,60+,61-,63+,67+,68-,69+,70-,71-/m0/s1. The van der Waals surface area contributed by atoms with Crippen molar-refractivity contribution in [2.24, 2.45) is 33.5 Å². The van der Waals surface area contributed by atoms with Gasteiger partial charge in [0.2, 0.25) is 5.78 Å². The van der Waals surface area contributed by atoms with Crippen LogP contribution in [0.3, 0.4) is 0 Å². The maximum Gasteiger partial charge on any atom is 0.261 e. The number of aromatic nitrogens is 4. The predicted octanol–water partition coefficient (Wildman–Crippen LogP) is 9.63. The Kier molecular flexibility index (Phi) is 10.3. The van der Waals surface area contributed by atoms with E-state index >= 15 is 9.59 Å². The van der Waals surface area contributed by atoms with Crippen molar-refractivity contribution in [1.82, 2.24) is 19.9 Å². The summed E-state index contributed by atoms with van der Waals surface area (Å²) in [5.41, 5.74) is 2.72. The highest BCUT2D eigenvalue weighted by Crippen LogP contribution is 2.78. The lowest BCUT2D eigenvalue weighted by Crippen LogP contribution is -2.79. The van der Waals surface area contributed by atoms with Gasteiger partial charge in [0.25, 0.3) is 5.79 Å². The monoisotopic (exact) mass is 1170 g/mol. The van der Waals surface area contributed by atoms with Crippen molar-refractivity contribution in [2.45, 2.75) is 207 Å². The summed E-state index contributed by atoms with van der Waals surface area (Å²) in [6, 6.07) is 6.30. The van der Waals surface area contributed by atoms with Gasteiger partial charge < -0.3 is 55.4 Å². The average Bonchev–Trinajstić information content (AvgIpc) is 1.60. The molecule has 87 heavy (non-hydrogen) atoms. The van der Waals surface area contributed by atoms with Gasteiger partial charge in [0.1, 0.15) is 35.3 Å². The van der Waals surface area contributed by atoms with Crippen LogP contribution in [0.1, 0.15) is 218 Å². The normalized spacial score (nSPS) is 38.8. The Morgan fingerprint density at radius 2 is 1.56 bits per heavy atom. The summed E-state index contributed by atoms with van der Waals surface area (Å²) in [4.78, 5) is 62.3. The molecule has 1 saturated heterocycles. The number of Topliss-reactive ketones (excluding diaryl/α,β-unsaturated/α-hetero) is 1. The quantitative estimate of drug-likeness (QED) is 0.0686. The summed E-state index contributed by atoms with van der Waals surface area (Å²) in [5.74, 6) is -3.84. The van der Waals surface area contributed by atoms with Crippen molar-refractivity contribution in [2.75, 3.05) is 11.9 Å². The number of ether oxygens (including phenoxy) is 2. The van der Waals surface area contributed by atoms with E-state index in [4.69, 9.17) is 19.4 Å². The molecule has 9 N–H and O–H groups in total. The molecule has 450 valence electrons. The number of anilines is 1. The van der Waals surface area contributed by atoms with Gasteiger partial charge in [0, 0.05) is 75.2 Å². The molecule has 0 unspecified atom stereocenters. The first-order chi connectivity index (χ1) is 42.0. The number of aliphatic hydroxyl groups excluding tert-OH is 5. The van der Waals surface area contributed by atoms with Crippen molar-refractivity contribution in [3.8, 4) is 11.5 Å². The van der Waals surface area contributed by atoms with Crippen LogP contribution in [0, 0.1) is 40.4 Å². The summed E-state index contributed by atoms with van der Waals surface area (Å²) in [6.07, 6.45) is 19.8. The van der Waals surface area contributed by atoms with Crippen molar-refractivity contribution in [3.05, 3.63) is 122 Å². The smallest absolute Gasteiger partial charge is 0.261 e. The van der Waals surface area contributed by atoms with E-state index in [1.807, 2.05) is 6.33 Å². The number of aliphatic hydroxyl groups is 5. The van der Waals surface area contributed by atoms with Crippen molar-refractivity contribution >= 4 is 45.6 Å². The van der Waals surface area contributed by atoms with E-state index in [1.165, 1.54) is 6.07 Å². The molecule has 0 amide bonds. The number of pyridine rings is 1. The molecule has 8 spiro atoms. The largest absolute Gasteiger partial charge is 0.507 e. The first-order valence-corrected chi connectivity index (χ1v) is 32.9. The summed E-state index contributed by atoms with van der Waals surface area (Å²) in [7, 11) is 0. The minimum absolute atomic E-state index is 0.000284. The Hall–Kier alpha value is -6.27. The number of nitrogens with zero attached hydrogens (tertiary/aromatic N) is 2. The van der Waals surface area contributed by atoms with Crippen LogP contribution in [-0.4, -0.2) is 116 Å². The van der Waals surface area contributed by atoms with E-state index in [2.05, 4.69) is 27.4 Å². The Bertz CT molecular complexity index is 4090. The number of benzene rings is 2. The second-order valence-corrected chi connectivity index (χ2v) is 30.5. The Morgan fingerprint density at radius 3 is 2.37 bits per heavy atom. The predicted molar refractivity (Wildman–Crippen MR) is 319 cm³/mol. The molecule has 15 aliphatic rings. The maximum absolute atomic E-state index is 15.6. The molecular weight excluding hydrogens is 1100 g/mol. The molecule has 0 radical (unpaired) electrons. The number of imidazole rings is 1. The van der Waals surface area contributed by atoms with Crippen LogP contribution in [0.15, 0.2) is 60.1 Å². The van der Waals surface area contributed by atoms with Gasteiger partial charge in [0.15, 0.2) is 17.5 Å². The maximum atomic E-state index is 15.6. The van der Waals surface area contributed by atoms with Crippen molar-refractivity contribution < 1.29 is 54.5 Å². The van der Waals surface area contributed by atoms with Crippen LogP contribution >= 0.6 is 0 Å². The second-order valence-electron chi connectivity index (χ2n) is 30.5. The van der Waals surface area contributed by atoms with E-state index in [9.17, 15) is 35.4 Å². The van der Waals surface area contributed by atoms with E-state index in [0.29, 0.717) is 77.6 Å². The Morgan fingerprint density at radius 1 is 0.770 bits per heavy atom. The van der Waals surface area contributed by atoms with E-state index in [1.54, 1.807) is 37.4 Å². The summed E-state index contributed by atoms with van der Waals surface area (Å²) in [6.45, 7) is 1.74. The highest BCUT2D eigenvalue weighted by atomic mass is 16.7. The molecule has 4 aliphatic heterocycles. The second kappa shape index (κ2) is 17.0. The van der Waals surface area contributed by atoms with Crippen LogP contribution in [0.2, 0.25) is 0 Å². The molecule has 7 heterocycles. The van der Waals surface area contributed by atoms with E-state index < -0.39 is 69.7 Å². The first kappa shape index (κ1) is 52.6. The Balaban J connectivity index is 0.943. The molecule has 20 rings (SSSR count). The van der Waals surface area contributed by atoms with Crippen molar-refractivity contribution in [1.29, 1.82) is 0 Å². The fraction of sp³-hybridized carbons (Fsp3) is 0.563. The van der Waals surface area contributed by atoms with Crippen LogP contribution < -0.4 is 10.1 Å². The molecule has 3 aromatic heterocycles. The minimum atomic E-state index is -2.50. The van der Waals surface area contributed by atoms with E-state index in [0.717, 1.165) is 142 Å². The van der Waals surface area contributed by atoms with Crippen LogP contribution in [0.25, 0.3) is 22.4 Å². The molecule has 2 aromatic carbocycles. The van der Waals surface area contributed by atoms with Gasteiger partial charge >= 0.3 is 0 Å². The molecular formula is C71H75N5O11. The third-order valence-electron chi connectivity index (χ3n) is 26.8. The lowest BCUT2D eigenvalue weighted by atomic mass is 9.46. The lowest BCUT2D eigenvalue weighted by molar-refractivity contribution is -0.366. The topological polar surface area (TPSA) is 260 Å². The van der Waals surface area contributed by atoms with Gasteiger partial charge in [-0.2, -0.15) is 0 Å². The highest BCUT2D eigenvalue weighted by Gasteiger charge is 2.78. The number of phenols is 1. The van der Waals surface area contributed by atoms with Gasteiger partial charge in [-0.15, -0.1) is 0 Å². The fourth-order valence-corrected chi connectivity index (χ4v) is 23.4. The number of H-pyrrole nitrogens is 2. The van der Waals surface area contributed by atoms with Gasteiger partial charge in [-0.1, -0.05) is 49.8 Å². The number of aromatic hydroxyl groups is 1. The SMILES string of the molecule is Cc1cc(O)c2c(c1)C(=O)c1c(c3cc4c(nccc14)NC[C@@H](O)[C@@]14CC5(CCCC5)C[C@H]1c1c([nH]c5c1C=C[C@@H]1CCC[C@H]6CC7(CCC(=O)CC7)c7nc[nH]c7[C@]561)C1=C[C@@]5(O3)O[C@@]3(C1=C4C[C@@]1(CCC4(CCCC4)C1)[C@H]3O)[C@@H](O)[C@H](O)[C@H]5O)C2=O. The number of rotatable bonds is 0. The van der Waals surface area contributed by atoms with Gasteiger partial charge in [-0.25, -0.2) is 9.97 Å². The number of aromatic amines is 2. The number of aryl methyl sites for hydroxylation is 1. The molecule has 11 aliphatic carbocycles. The number of carbonyl (C=O) groups excluding carboxylic acids is 3. The molecule has 8 bridgehead atoms. The van der Waals surface area contributed by atoms with Crippen LogP contribution in [0.5, 0.6) is 11.5 Å². The number of fused-ring (bicyclic) bond motifs is 11. The molecule has 16 heteroatoms. The summed E-state index contributed by atoms with van der Waals surface area (Å²) >= 11 is 0. The number of ketones is 3. The number of nitrogens with one attached hydrogen (secondary N) is 3. The molecule has 13 atom stereocenters. The van der Waals surface area contributed by atoms with Gasteiger partial charge in [-0.3, -0.25) is 14.4 Å². The number of hydrogen-bond donors (Lipinski definition) is 9. The number of allylic oxidation sites excluding steroid dienone is 1. The first-order valence-electron chi connectivity index (χ1n) is 32.9. The van der Waals surface area contributed by atoms with E-state index in [-0.39, 0.29) is 74.3 Å². The third-order valence-corrected chi connectivity index (χ3v) is 26.8. The zero-order chi connectivity index (χ0) is 58.9. The van der Waals surface area contributed by atoms with Crippen LogP contribution in [0.4, 0.5) is 5.82 Å². The Labute approximate surface area is 503 Å². The molecule has 6 saturated carbocycles. The number of phenolic OH excluding ortho intramolecular Hbond substituents is 1. The fourth-order valence-electron chi connectivity index (χ4n) is 23.4. The van der Waals surface area contributed by atoms with Gasteiger partial charge in [-0.05, 0) is 184 Å². The minimum Gasteiger partial charge on any atom is -0.507 e. The van der Waals surface area contributed by atoms with Crippen LogP contribution in [-0.2, 0) is 20.4 Å². The zero-order valence-electron chi connectivity index (χ0n) is 49.2. The summed E-state index contributed by atoms with van der Waals surface area (Å²) < 4.78 is 15.2. The third kappa shape index (κ3) is 6.16. The lowest BCUT2D eigenvalue weighted by Gasteiger charge is -2.64. The number of hydrogen-bond acceptors (Lipinski definition) is 14. The van der Waals surface area contributed by atoms with Crippen molar-refractivity contribution in [3.63, 3.8) is 0 Å². The summed E-state index contributed by atoms with van der Waals surface area (Å²) in [5, 5.41) is 85.1. The molecule has 5 aromatic rings.